The lowest BCUT2D eigenvalue weighted by Gasteiger charge is -2.08. The fraction of sp³-hybridized carbons (Fsp3) is 0.500. The summed E-state index contributed by atoms with van der Waals surface area (Å²) in [5.74, 6) is 4.45. The van der Waals surface area contributed by atoms with Crippen LogP contribution in [0.15, 0.2) is 42.4 Å². The molecule has 0 saturated heterocycles. The maximum atomic E-state index is 5.74. The summed E-state index contributed by atoms with van der Waals surface area (Å²) in [7, 11) is 0. The van der Waals surface area contributed by atoms with Crippen molar-refractivity contribution in [1.82, 2.24) is 0 Å². The number of hydrogen-bond acceptors (Lipinski definition) is 15. The Labute approximate surface area is 257 Å². The molecule has 0 radical (unpaired) electrons. The molecule has 15 heteroatoms. The van der Waals surface area contributed by atoms with Gasteiger partial charge in [-0.05, 0) is 0 Å². The van der Waals surface area contributed by atoms with Gasteiger partial charge in [0.1, 0.15) is 0 Å². The minimum atomic E-state index is 0.645. The third-order valence-corrected chi connectivity index (χ3v) is 22.4. The summed E-state index contributed by atoms with van der Waals surface area (Å²) in [6.45, 7) is 4.13. The Morgan fingerprint density at radius 2 is 0.543 bits per heavy atom. The molecule has 0 amide bonds. The standard InChI is InChI=1S/C20H20O3S12/c1-3-22-5-7-24-11-12(25-8-6-23-4-2-21-1)29-15(28-11)17-32-19-20(33-17)35-18(34-19)16-30-13-14(31-16)27-10-9-26-13/h1-10H2. The highest BCUT2D eigenvalue weighted by Gasteiger charge is 2.37. The first kappa shape index (κ1) is 27.9. The molecule has 3 nitrogen and oxygen atoms in total. The second-order valence-electron chi connectivity index (χ2n) is 6.92. The van der Waals surface area contributed by atoms with Crippen LogP contribution in [0.3, 0.4) is 0 Å². The van der Waals surface area contributed by atoms with Gasteiger partial charge < -0.3 is 14.2 Å². The molecule has 0 bridgehead atoms. The predicted octanol–water partition coefficient (Wildman–Crippen LogP) is 9.55. The summed E-state index contributed by atoms with van der Waals surface area (Å²) in [5.41, 5.74) is 0. The lowest BCUT2D eigenvalue weighted by molar-refractivity contribution is 0.0205. The Balaban J connectivity index is 1.06. The van der Waals surface area contributed by atoms with Crippen molar-refractivity contribution >= 4 is 141 Å². The highest BCUT2D eigenvalue weighted by molar-refractivity contribution is 8.51. The lowest BCUT2D eigenvalue weighted by Crippen LogP contribution is -2.11. The van der Waals surface area contributed by atoms with Crippen molar-refractivity contribution in [3.63, 3.8) is 0 Å². The van der Waals surface area contributed by atoms with Crippen LogP contribution in [0.2, 0.25) is 0 Å². The maximum Gasteiger partial charge on any atom is 0.0718 e. The van der Waals surface area contributed by atoms with Gasteiger partial charge in [0.25, 0.3) is 0 Å². The summed E-state index contributed by atoms with van der Waals surface area (Å²) < 4.78 is 31.8. The van der Waals surface area contributed by atoms with E-state index in [1.54, 1.807) is 0 Å². The highest BCUT2D eigenvalue weighted by atomic mass is 32.3. The van der Waals surface area contributed by atoms with E-state index in [4.69, 9.17) is 14.2 Å². The topological polar surface area (TPSA) is 27.7 Å². The monoisotopic (exact) mass is 692 g/mol. The van der Waals surface area contributed by atoms with Crippen LogP contribution in [0.25, 0.3) is 0 Å². The van der Waals surface area contributed by atoms with Crippen molar-refractivity contribution in [3.05, 3.63) is 42.4 Å². The molecule has 0 unspecified atom stereocenters. The lowest BCUT2D eigenvalue weighted by atomic mass is 10.7. The second-order valence-corrected chi connectivity index (χ2v) is 22.1. The first-order valence-electron chi connectivity index (χ1n) is 10.7. The Morgan fingerprint density at radius 1 is 0.286 bits per heavy atom. The van der Waals surface area contributed by atoms with Gasteiger partial charge in [-0.15, -0.1) is 47.0 Å². The molecule has 6 aliphatic heterocycles. The third kappa shape index (κ3) is 7.35. The largest absolute Gasteiger partial charge is 0.378 e. The summed E-state index contributed by atoms with van der Waals surface area (Å²) in [4.78, 5) is 0. The Hall–Kier alpha value is 2.78. The molecule has 0 aliphatic carbocycles. The molecule has 0 saturated carbocycles. The van der Waals surface area contributed by atoms with Crippen molar-refractivity contribution in [3.8, 4) is 0 Å². The maximum absolute atomic E-state index is 5.74. The number of hydrogen-bond donors (Lipinski definition) is 0. The molecule has 35 heavy (non-hydrogen) atoms. The molecule has 190 valence electrons. The Morgan fingerprint density at radius 3 is 0.886 bits per heavy atom. The SMILES string of the molecule is C1COCCSC2=C(SCCOCCO1)SC(=C1SC3=C(S1)SC(=C1SC4=C(SCCS4)S1)S3)S2. The number of thioether (sulfide) groups is 12. The van der Waals surface area contributed by atoms with Gasteiger partial charge in [-0.2, -0.15) is 0 Å². The van der Waals surface area contributed by atoms with Crippen LogP contribution in [0.4, 0.5) is 0 Å². The molecular formula is C20H20O3S12. The molecule has 0 aromatic heterocycles. The van der Waals surface area contributed by atoms with Gasteiger partial charge in [-0.25, -0.2) is 0 Å². The van der Waals surface area contributed by atoms with E-state index in [-0.39, 0.29) is 0 Å². The summed E-state index contributed by atoms with van der Waals surface area (Å²) in [5, 5.41) is 0. The van der Waals surface area contributed by atoms with Crippen LogP contribution < -0.4 is 0 Å². The van der Waals surface area contributed by atoms with E-state index >= 15 is 0 Å². The minimum Gasteiger partial charge on any atom is -0.378 e. The first-order chi connectivity index (χ1) is 17.3. The summed E-state index contributed by atoms with van der Waals surface area (Å²) in [6, 6.07) is 0. The van der Waals surface area contributed by atoms with Crippen molar-refractivity contribution in [2.45, 2.75) is 0 Å². The zero-order valence-electron chi connectivity index (χ0n) is 18.2. The molecule has 0 aromatic rings. The van der Waals surface area contributed by atoms with Gasteiger partial charge in [-0.1, -0.05) is 94.1 Å². The predicted molar refractivity (Wildman–Crippen MR) is 178 cm³/mol. The minimum absolute atomic E-state index is 0.645. The summed E-state index contributed by atoms with van der Waals surface area (Å²) in [6.07, 6.45) is 0. The van der Waals surface area contributed by atoms with Crippen LogP contribution >= 0.6 is 141 Å². The number of rotatable bonds is 0. The Kier molecular flexibility index (Phi) is 11.3. The van der Waals surface area contributed by atoms with E-state index in [0.29, 0.717) is 26.4 Å². The average Bonchev–Trinajstić information content (AvgIpc) is 3.62. The molecular weight excluding hydrogens is 673 g/mol. The molecule has 0 spiro atoms. The van der Waals surface area contributed by atoms with E-state index in [1.165, 1.54) is 53.9 Å². The molecule has 6 aliphatic rings. The van der Waals surface area contributed by atoms with Crippen molar-refractivity contribution < 1.29 is 14.2 Å². The van der Waals surface area contributed by atoms with Gasteiger partial charge >= 0.3 is 0 Å². The quantitative estimate of drug-likeness (QED) is 0.241. The summed E-state index contributed by atoms with van der Waals surface area (Å²) >= 11 is 23.8. The van der Waals surface area contributed by atoms with Crippen LogP contribution in [0, 0.1) is 0 Å². The molecule has 6 heterocycles. The molecule has 0 fully saturated rings. The fourth-order valence-electron chi connectivity index (χ4n) is 3.02. The molecule has 0 N–H and O–H groups in total. The van der Waals surface area contributed by atoms with Gasteiger partial charge in [0, 0.05) is 23.0 Å². The molecule has 6 rings (SSSR count). The van der Waals surface area contributed by atoms with Gasteiger partial charge in [0.2, 0.25) is 0 Å². The zero-order chi connectivity index (χ0) is 23.5. The molecule has 0 atom stereocenters. The zero-order valence-corrected chi connectivity index (χ0v) is 28.0. The van der Waals surface area contributed by atoms with Gasteiger partial charge in [0.05, 0.1) is 82.0 Å². The van der Waals surface area contributed by atoms with Crippen molar-refractivity contribution in [1.29, 1.82) is 0 Å². The molecule has 0 aromatic carbocycles. The number of ether oxygens (including phenoxy) is 3. The third-order valence-electron chi connectivity index (χ3n) is 4.53. The van der Waals surface area contributed by atoms with E-state index in [0.717, 1.165) is 24.7 Å². The van der Waals surface area contributed by atoms with Gasteiger partial charge in [-0.3, -0.25) is 0 Å². The normalized spacial score (nSPS) is 27.4. The Bertz CT molecular complexity index is 947. The first-order valence-corrected chi connectivity index (χ1v) is 21.2. The van der Waals surface area contributed by atoms with Crippen LogP contribution in [0.5, 0.6) is 0 Å². The van der Waals surface area contributed by atoms with E-state index in [1.807, 2.05) is 141 Å². The van der Waals surface area contributed by atoms with Crippen molar-refractivity contribution in [2.24, 2.45) is 0 Å². The van der Waals surface area contributed by atoms with Crippen LogP contribution in [0.1, 0.15) is 0 Å². The fourth-order valence-corrected chi connectivity index (χ4v) is 21.6. The second kappa shape index (κ2) is 14.1. The van der Waals surface area contributed by atoms with E-state index < -0.39 is 0 Å². The smallest absolute Gasteiger partial charge is 0.0718 e. The van der Waals surface area contributed by atoms with Crippen LogP contribution in [-0.2, 0) is 14.2 Å². The van der Waals surface area contributed by atoms with E-state index in [9.17, 15) is 0 Å². The highest BCUT2D eigenvalue weighted by Crippen LogP contribution is 2.73. The van der Waals surface area contributed by atoms with Gasteiger partial charge in [0.15, 0.2) is 0 Å². The van der Waals surface area contributed by atoms with Crippen molar-refractivity contribution in [2.75, 3.05) is 62.7 Å². The van der Waals surface area contributed by atoms with E-state index in [2.05, 4.69) is 0 Å². The van der Waals surface area contributed by atoms with Crippen LogP contribution in [-0.4, -0.2) is 62.7 Å². The average molecular weight is 693 g/mol.